The second-order valence-electron chi connectivity index (χ2n) is 8.47. The summed E-state index contributed by atoms with van der Waals surface area (Å²) in [7, 11) is 2.55. The monoisotopic (exact) mass is 540 g/mol. The predicted molar refractivity (Wildman–Crippen MR) is 141 cm³/mol. The number of fused-ring (bicyclic) bond motifs is 2. The molecule has 13 nitrogen and oxygen atoms in total. The van der Waals surface area contributed by atoms with Crippen LogP contribution in [0, 0.1) is 0 Å². The molecule has 1 atom stereocenters. The predicted octanol–water partition coefficient (Wildman–Crippen LogP) is 1.31. The van der Waals surface area contributed by atoms with Gasteiger partial charge >= 0.3 is 11.9 Å². The number of carbonyl (C=O) groups excluding carboxylic acids is 3. The maximum absolute atomic E-state index is 13.0. The van der Waals surface area contributed by atoms with Gasteiger partial charge in [0, 0.05) is 29.2 Å². The van der Waals surface area contributed by atoms with Gasteiger partial charge in [0.05, 0.1) is 38.3 Å². The number of aromatic nitrogens is 4. The molecule has 1 amide bonds. The molecular formula is C24H28N8O5S. The zero-order valence-corrected chi connectivity index (χ0v) is 21.8. The normalized spacial score (nSPS) is 13.5. The first-order valence-corrected chi connectivity index (χ1v) is 12.8. The van der Waals surface area contributed by atoms with Crippen LogP contribution < -0.4 is 21.7 Å². The summed E-state index contributed by atoms with van der Waals surface area (Å²) in [5.74, 6) is -0.354. The van der Waals surface area contributed by atoms with Gasteiger partial charge in [-0.25, -0.2) is 14.8 Å². The van der Waals surface area contributed by atoms with E-state index in [0.717, 1.165) is 22.9 Å². The SMILES string of the molecule is COC(=O)CCCC(NC(=O)c1ccc2c(c1)SCCN2Cc1cnc2nc(N)nc(N)c2n1)C(=O)OC. The molecule has 1 aliphatic heterocycles. The summed E-state index contributed by atoms with van der Waals surface area (Å²) in [6.45, 7) is 1.23. The quantitative estimate of drug-likeness (QED) is 0.330. The van der Waals surface area contributed by atoms with Crippen LogP contribution in [0.4, 0.5) is 17.5 Å². The van der Waals surface area contributed by atoms with Gasteiger partial charge in [-0.3, -0.25) is 9.59 Å². The van der Waals surface area contributed by atoms with Crippen molar-refractivity contribution in [2.75, 3.05) is 42.9 Å². The van der Waals surface area contributed by atoms with Gasteiger partial charge in [-0.05, 0) is 31.0 Å². The lowest BCUT2D eigenvalue weighted by molar-refractivity contribution is -0.144. The number of anilines is 3. The first kappa shape index (κ1) is 26.9. The van der Waals surface area contributed by atoms with Gasteiger partial charge in [0.25, 0.3) is 5.91 Å². The van der Waals surface area contributed by atoms with E-state index < -0.39 is 17.9 Å². The highest BCUT2D eigenvalue weighted by Gasteiger charge is 2.24. The van der Waals surface area contributed by atoms with Crippen molar-refractivity contribution in [3.63, 3.8) is 0 Å². The minimum atomic E-state index is -0.879. The number of nitrogen functional groups attached to an aromatic ring is 2. The number of amides is 1. The van der Waals surface area contributed by atoms with Crippen molar-refractivity contribution < 1.29 is 23.9 Å². The number of nitrogens with one attached hydrogen (secondary N) is 1. The summed E-state index contributed by atoms with van der Waals surface area (Å²) in [6.07, 6.45) is 2.38. The Balaban J connectivity index is 1.47. The van der Waals surface area contributed by atoms with Crippen LogP contribution in [0.2, 0.25) is 0 Å². The minimum Gasteiger partial charge on any atom is -0.469 e. The van der Waals surface area contributed by atoms with Crippen LogP contribution in [-0.2, 0) is 25.6 Å². The second kappa shape index (κ2) is 11.9. The Morgan fingerprint density at radius 1 is 1.16 bits per heavy atom. The van der Waals surface area contributed by atoms with E-state index in [1.807, 2.05) is 6.07 Å². The van der Waals surface area contributed by atoms with Crippen LogP contribution in [0.1, 0.15) is 35.3 Å². The van der Waals surface area contributed by atoms with Gasteiger partial charge in [0.15, 0.2) is 17.0 Å². The molecule has 0 fully saturated rings. The number of hydrogen-bond donors (Lipinski definition) is 3. The number of nitrogens with two attached hydrogens (primary N) is 2. The number of ether oxygens (including phenoxy) is 2. The Morgan fingerprint density at radius 3 is 2.74 bits per heavy atom. The van der Waals surface area contributed by atoms with Crippen molar-refractivity contribution >= 4 is 58.2 Å². The van der Waals surface area contributed by atoms with Gasteiger partial charge < -0.3 is 31.2 Å². The smallest absolute Gasteiger partial charge is 0.328 e. The van der Waals surface area contributed by atoms with Crippen LogP contribution >= 0.6 is 11.8 Å². The first-order valence-electron chi connectivity index (χ1n) is 11.8. The van der Waals surface area contributed by atoms with Crippen LogP contribution in [0.15, 0.2) is 29.3 Å². The Bertz CT molecular complexity index is 1370. The van der Waals surface area contributed by atoms with E-state index in [-0.39, 0.29) is 30.6 Å². The van der Waals surface area contributed by atoms with Gasteiger partial charge in [-0.1, -0.05) is 0 Å². The van der Waals surface area contributed by atoms with E-state index >= 15 is 0 Å². The number of methoxy groups -OCH3 is 2. The molecule has 3 aromatic rings. The molecule has 0 spiro atoms. The zero-order chi connectivity index (χ0) is 27.2. The third-order valence-corrected chi connectivity index (χ3v) is 6.95. The van der Waals surface area contributed by atoms with Crippen molar-refractivity contribution in [3.05, 3.63) is 35.7 Å². The Hall–Kier alpha value is -4.20. The summed E-state index contributed by atoms with van der Waals surface area (Å²) >= 11 is 1.64. The molecule has 5 N–H and O–H groups in total. The number of thioether (sulfide) groups is 1. The number of rotatable bonds is 9. The van der Waals surface area contributed by atoms with Gasteiger partial charge in [-0.15, -0.1) is 11.8 Å². The first-order chi connectivity index (χ1) is 18.3. The number of nitrogens with zero attached hydrogens (tertiary/aromatic N) is 5. The van der Waals surface area contributed by atoms with Crippen LogP contribution in [0.3, 0.4) is 0 Å². The fourth-order valence-electron chi connectivity index (χ4n) is 4.02. The van der Waals surface area contributed by atoms with Crippen molar-refractivity contribution in [3.8, 4) is 0 Å². The summed E-state index contributed by atoms with van der Waals surface area (Å²) in [5.41, 5.74) is 14.4. The van der Waals surface area contributed by atoms with E-state index in [4.69, 9.17) is 16.2 Å². The molecule has 0 aliphatic carbocycles. The molecule has 0 bridgehead atoms. The highest BCUT2D eigenvalue weighted by atomic mass is 32.2. The number of esters is 2. The lowest BCUT2D eigenvalue weighted by Gasteiger charge is -2.31. The molecule has 0 saturated heterocycles. The number of hydrogen-bond acceptors (Lipinski definition) is 13. The van der Waals surface area contributed by atoms with E-state index in [1.54, 1.807) is 30.1 Å². The molecule has 0 saturated carbocycles. The third-order valence-electron chi connectivity index (χ3n) is 5.93. The highest BCUT2D eigenvalue weighted by Crippen LogP contribution is 2.36. The molecule has 0 radical (unpaired) electrons. The van der Waals surface area contributed by atoms with Crippen LogP contribution in [0.25, 0.3) is 11.2 Å². The second-order valence-corrected chi connectivity index (χ2v) is 9.61. The topological polar surface area (TPSA) is 189 Å². The average molecular weight is 541 g/mol. The standard InChI is InChI=1S/C24H28N8O5S/c1-36-18(33)5-3-4-15(23(35)37-2)29-22(34)13-6-7-16-17(10-13)38-9-8-32(16)12-14-11-27-21-19(28-14)20(25)30-24(26)31-21/h6-7,10-11,15H,3-5,8-9,12H2,1-2H3,(H,29,34)(H4,25,26,27,30,31). The van der Waals surface area contributed by atoms with Gasteiger partial charge in [-0.2, -0.15) is 9.97 Å². The molecule has 14 heteroatoms. The Morgan fingerprint density at radius 2 is 1.97 bits per heavy atom. The fraction of sp³-hybridized carbons (Fsp3) is 0.375. The van der Waals surface area contributed by atoms with E-state index in [9.17, 15) is 14.4 Å². The van der Waals surface area contributed by atoms with E-state index in [1.165, 1.54) is 14.2 Å². The lowest BCUT2D eigenvalue weighted by Crippen LogP contribution is -2.41. The Labute approximate surface area is 222 Å². The largest absolute Gasteiger partial charge is 0.469 e. The molecular weight excluding hydrogens is 512 g/mol. The molecule has 1 aliphatic rings. The fourth-order valence-corrected chi connectivity index (χ4v) is 5.11. The molecule has 38 heavy (non-hydrogen) atoms. The number of carbonyl (C=O) groups is 3. The van der Waals surface area contributed by atoms with Gasteiger partial charge in [0.1, 0.15) is 6.04 Å². The summed E-state index contributed by atoms with van der Waals surface area (Å²) < 4.78 is 9.45. The molecule has 200 valence electrons. The summed E-state index contributed by atoms with van der Waals surface area (Å²) in [4.78, 5) is 56.5. The third kappa shape index (κ3) is 6.19. The van der Waals surface area contributed by atoms with Crippen LogP contribution in [0.5, 0.6) is 0 Å². The number of benzene rings is 1. The summed E-state index contributed by atoms with van der Waals surface area (Å²) in [5, 5.41) is 2.72. The molecule has 1 aromatic carbocycles. The average Bonchev–Trinajstić information content (AvgIpc) is 2.92. The van der Waals surface area contributed by atoms with Crippen molar-refractivity contribution in [2.45, 2.75) is 36.7 Å². The highest BCUT2D eigenvalue weighted by molar-refractivity contribution is 7.99. The lowest BCUT2D eigenvalue weighted by atomic mass is 10.1. The van der Waals surface area contributed by atoms with Crippen molar-refractivity contribution in [2.24, 2.45) is 0 Å². The van der Waals surface area contributed by atoms with E-state index in [0.29, 0.717) is 35.4 Å². The van der Waals surface area contributed by atoms with Crippen LogP contribution in [-0.4, -0.2) is 70.3 Å². The summed E-state index contributed by atoms with van der Waals surface area (Å²) in [6, 6.07) is 4.49. The van der Waals surface area contributed by atoms with Crippen molar-refractivity contribution in [1.29, 1.82) is 0 Å². The van der Waals surface area contributed by atoms with Gasteiger partial charge in [0.2, 0.25) is 5.95 Å². The molecule has 2 aromatic heterocycles. The molecule has 3 heterocycles. The maximum atomic E-state index is 13.0. The zero-order valence-electron chi connectivity index (χ0n) is 21.0. The Kier molecular flexibility index (Phi) is 8.41. The van der Waals surface area contributed by atoms with E-state index in [2.05, 4.69) is 34.9 Å². The molecule has 4 rings (SSSR count). The van der Waals surface area contributed by atoms with Crippen molar-refractivity contribution in [1.82, 2.24) is 25.3 Å². The minimum absolute atomic E-state index is 0.0398. The molecule has 1 unspecified atom stereocenters. The maximum Gasteiger partial charge on any atom is 0.328 e.